The van der Waals surface area contributed by atoms with Crippen LogP contribution in [0.4, 0.5) is 0 Å². The molecule has 6 nitrogen and oxygen atoms in total. The van der Waals surface area contributed by atoms with Gasteiger partial charge in [0.2, 0.25) is 5.43 Å². The fourth-order valence-electron chi connectivity index (χ4n) is 2.36. The molecule has 0 aliphatic heterocycles. The van der Waals surface area contributed by atoms with Crippen LogP contribution in [0.5, 0.6) is 23.0 Å². The van der Waals surface area contributed by atoms with Crippen LogP contribution in [-0.4, -0.2) is 24.4 Å². The van der Waals surface area contributed by atoms with E-state index in [2.05, 4.69) is 0 Å². The molecule has 0 spiro atoms. The molecular weight excluding hydrogens is 300 g/mol. The van der Waals surface area contributed by atoms with Gasteiger partial charge in [0.05, 0.1) is 25.2 Å². The first-order valence-electron chi connectivity index (χ1n) is 6.75. The average molecular weight is 314 g/mol. The zero-order valence-electron chi connectivity index (χ0n) is 12.5. The van der Waals surface area contributed by atoms with E-state index in [4.69, 9.17) is 13.9 Å². The summed E-state index contributed by atoms with van der Waals surface area (Å²) in [6, 6.07) is 7.44. The van der Waals surface area contributed by atoms with Crippen molar-refractivity contribution >= 4 is 11.0 Å². The Morgan fingerprint density at radius 3 is 2.35 bits per heavy atom. The third-order valence-electron chi connectivity index (χ3n) is 3.56. The lowest BCUT2D eigenvalue weighted by molar-refractivity contribution is 0.355. The Kier molecular flexibility index (Phi) is 3.57. The zero-order chi connectivity index (χ0) is 16.6. The molecule has 1 heterocycles. The molecular formula is C17H14O6. The Bertz CT molecular complexity index is 942. The molecule has 0 bridgehead atoms. The van der Waals surface area contributed by atoms with Crippen LogP contribution in [0.1, 0.15) is 0 Å². The summed E-state index contributed by atoms with van der Waals surface area (Å²) in [5.41, 5.74) is 0.762. The van der Waals surface area contributed by atoms with Gasteiger partial charge in [-0.3, -0.25) is 4.79 Å². The Morgan fingerprint density at radius 1 is 0.957 bits per heavy atom. The molecule has 0 saturated carbocycles. The first-order chi connectivity index (χ1) is 11.0. The van der Waals surface area contributed by atoms with Gasteiger partial charge in [0.25, 0.3) is 0 Å². The van der Waals surface area contributed by atoms with Crippen molar-refractivity contribution in [2.24, 2.45) is 0 Å². The molecule has 3 rings (SSSR count). The van der Waals surface area contributed by atoms with Gasteiger partial charge >= 0.3 is 0 Å². The van der Waals surface area contributed by atoms with Crippen molar-refractivity contribution in [1.29, 1.82) is 0 Å². The molecule has 23 heavy (non-hydrogen) atoms. The maximum Gasteiger partial charge on any atom is 0.200 e. The van der Waals surface area contributed by atoms with Crippen molar-refractivity contribution in [3.8, 4) is 34.1 Å². The number of phenols is 2. The van der Waals surface area contributed by atoms with E-state index in [0.717, 1.165) is 0 Å². The maximum absolute atomic E-state index is 12.6. The van der Waals surface area contributed by atoms with Crippen LogP contribution in [-0.2, 0) is 0 Å². The van der Waals surface area contributed by atoms with E-state index in [9.17, 15) is 15.0 Å². The van der Waals surface area contributed by atoms with Crippen LogP contribution < -0.4 is 14.9 Å². The largest absolute Gasteiger partial charge is 0.504 e. The molecule has 1 aromatic heterocycles. The molecule has 0 aliphatic carbocycles. The van der Waals surface area contributed by atoms with E-state index < -0.39 is 0 Å². The smallest absolute Gasteiger partial charge is 0.200 e. The molecule has 6 heteroatoms. The highest BCUT2D eigenvalue weighted by atomic mass is 16.5. The van der Waals surface area contributed by atoms with Crippen LogP contribution in [0, 0.1) is 0 Å². The Morgan fingerprint density at radius 2 is 1.65 bits per heavy atom. The van der Waals surface area contributed by atoms with E-state index in [-0.39, 0.29) is 27.9 Å². The fraction of sp³-hybridized carbons (Fsp3) is 0.118. The lowest BCUT2D eigenvalue weighted by Gasteiger charge is -2.09. The number of methoxy groups -OCH3 is 2. The fourth-order valence-corrected chi connectivity index (χ4v) is 2.36. The Labute approximate surface area is 131 Å². The van der Waals surface area contributed by atoms with Crippen molar-refractivity contribution in [1.82, 2.24) is 0 Å². The summed E-state index contributed by atoms with van der Waals surface area (Å²) >= 11 is 0. The van der Waals surface area contributed by atoms with E-state index in [1.807, 2.05) is 0 Å². The van der Waals surface area contributed by atoms with Crippen molar-refractivity contribution < 1.29 is 24.1 Å². The summed E-state index contributed by atoms with van der Waals surface area (Å²) in [6.07, 6.45) is 1.31. The highest BCUT2D eigenvalue weighted by Crippen LogP contribution is 2.33. The van der Waals surface area contributed by atoms with Gasteiger partial charge in [0, 0.05) is 6.07 Å². The SMILES string of the molecule is COc1ccc(-c2coc3cc(O)c(O)cc3c2=O)cc1OC. The first kappa shape index (κ1) is 14.8. The number of ether oxygens (including phenoxy) is 2. The minimum absolute atomic E-state index is 0.174. The number of fused-ring (bicyclic) bond motifs is 1. The molecule has 0 atom stereocenters. The summed E-state index contributed by atoms with van der Waals surface area (Å²) in [6.45, 7) is 0. The minimum Gasteiger partial charge on any atom is -0.504 e. The number of hydrogen-bond acceptors (Lipinski definition) is 6. The molecule has 2 aromatic carbocycles. The van der Waals surface area contributed by atoms with Gasteiger partial charge in [-0.25, -0.2) is 0 Å². The van der Waals surface area contributed by atoms with Crippen molar-refractivity contribution in [2.45, 2.75) is 0 Å². The maximum atomic E-state index is 12.6. The summed E-state index contributed by atoms with van der Waals surface area (Å²) in [5, 5.41) is 19.2. The number of rotatable bonds is 3. The summed E-state index contributed by atoms with van der Waals surface area (Å²) in [5.74, 6) is 0.302. The molecule has 0 unspecified atom stereocenters. The Balaban J connectivity index is 2.23. The lowest BCUT2D eigenvalue weighted by atomic mass is 10.0. The van der Waals surface area contributed by atoms with Gasteiger partial charge in [0.15, 0.2) is 23.0 Å². The van der Waals surface area contributed by atoms with Crippen molar-refractivity contribution in [3.05, 3.63) is 46.8 Å². The molecule has 0 aliphatic rings. The molecule has 0 amide bonds. The molecule has 3 aromatic rings. The van der Waals surface area contributed by atoms with E-state index in [0.29, 0.717) is 22.6 Å². The third kappa shape index (κ3) is 2.44. The molecule has 0 radical (unpaired) electrons. The topological polar surface area (TPSA) is 89.1 Å². The second kappa shape index (κ2) is 5.57. The number of aromatic hydroxyl groups is 2. The standard InChI is InChI=1S/C17H14O6/c1-21-14-4-3-9(5-16(14)22-2)11-8-23-15-7-13(19)12(18)6-10(15)17(11)20/h3-8,18-19H,1-2H3. The van der Waals surface area contributed by atoms with Crippen LogP contribution in [0.25, 0.3) is 22.1 Å². The normalized spacial score (nSPS) is 10.7. The molecule has 0 fully saturated rings. The lowest BCUT2D eigenvalue weighted by Crippen LogP contribution is -2.05. The number of benzene rings is 2. The molecule has 0 saturated heterocycles. The van der Waals surface area contributed by atoms with Crippen molar-refractivity contribution in [2.75, 3.05) is 14.2 Å². The predicted octanol–water partition coefficient (Wildman–Crippen LogP) is 2.89. The van der Waals surface area contributed by atoms with E-state index >= 15 is 0 Å². The molecule has 2 N–H and O–H groups in total. The molecule has 118 valence electrons. The predicted molar refractivity (Wildman–Crippen MR) is 84.4 cm³/mol. The van der Waals surface area contributed by atoms with Gasteiger partial charge in [-0.15, -0.1) is 0 Å². The van der Waals surface area contributed by atoms with Crippen LogP contribution in [0.15, 0.2) is 45.8 Å². The zero-order valence-corrected chi connectivity index (χ0v) is 12.5. The van der Waals surface area contributed by atoms with Crippen LogP contribution in [0.3, 0.4) is 0 Å². The number of phenolic OH excluding ortho intramolecular Hbond substituents is 2. The minimum atomic E-state index is -0.380. The summed E-state index contributed by atoms with van der Waals surface area (Å²) in [4.78, 5) is 12.6. The average Bonchev–Trinajstić information content (AvgIpc) is 2.56. The van der Waals surface area contributed by atoms with E-state index in [1.165, 1.54) is 32.6 Å². The van der Waals surface area contributed by atoms with Gasteiger partial charge in [0.1, 0.15) is 11.8 Å². The van der Waals surface area contributed by atoms with Crippen LogP contribution >= 0.6 is 0 Å². The summed E-state index contributed by atoms with van der Waals surface area (Å²) in [7, 11) is 3.03. The highest BCUT2D eigenvalue weighted by Gasteiger charge is 2.14. The monoisotopic (exact) mass is 314 g/mol. The van der Waals surface area contributed by atoms with Crippen LogP contribution in [0.2, 0.25) is 0 Å². The third-order valence-corrected chi connectivity index (χ3v) is 3.56. The first-order valence-corrected chi connectivity index (χ1v) is 6.75. The van der Waals surface area contributed by atoms with Gasteiger partial charge < -0.3 is 24.1 Å². The summed E-state index contributed by atoms with van der Waals surface area (Å²) < 4.78 is 15.8. The quantitative estimate of drug-likeness (QED) is 0.723. The number of hydrogen-bond donors (Lipinski definition) is 2. The van der Waals surface area contributed by atoms with Gasteiger partial charge in [-0.05, 0) is 23.8 Å². The Hall–Kier alpha value is -3.15. The van der Waals surface area contributed by atoms with Gasteiger partial charge in [-0.1, -0.05) is 6.07 Å². The van der Waals surface area contributed by atoms with Crippen molar-refractivity contribution in [3.63, 3.8) is 0 Å². The second-order valence-corrected chi connectivity index (χ2v) is 4.89. The second-order valence-electron chi connectivity index (χ2n) is 4.89. The van der Waals surface area contributed by atoms with E-state index in [1.54, 1.807) is 18.2 Å². The highest BCUT2D eigenvalue weighted by molar-refractivity contribution is 5.84. The van der Waals surface area contributed by atoms with Gasteiger partial charge in [-0.2, -0.15) is 0 Å².